The topological polar surface area (TPSA) is 47.0 Å². The van der Waals surface area contributed by atoms with Gasteiger partial charge in [-0.15, -0.1) is 0 Å². The van der Waals surface area contributed by atoms with E-state index in [1.807, 2.05) is 48.7 Å². The Morgan fingerprint density at radius 1 is 0.963 bits per heavy atom. The van der Waals surface area contributed by atoms with Crippen LogP contribution in [0.15, 0.2) is 79.3 Å². The van der Waals surface area contributed by atoms with E-state index in [0.717, 1.165) is 28.9 Å². The molecule has 4 nitrogen and oxygen atoms in total. The van der Waals surface area contributed by atoms with Crippen LogP contribution >= 0.6 is 0 Å². The Hall–Kier alpha value is -3.40. The van der Waals surface area contributed by atoms with Crippen molar-refractivity contribution >= 4 is 16.6 Å². The van der Waals surface area contributed by atoms with Crippen LogP contribution in [-0.4, -0.2) is 9.97 Å². The lowest BCUT2D eigenvalue weighted by Gasteiger charge is -2.10. The van der Waals surface area contributed by atoms with Crippen molar-refractivity contribution in [1.82, 2.24) is 9.97 Å². The normalized spacial score (nSPS) is 10.7. The molecule has 27 heavy (non-hydrogen) atoms. The lowest BCUT2D eigenvalue weighted by atomic mass is 10.1. The fourth-order valence-corrected chi connectivity index (χ4v) is 2.92. The fourth-order valence-electron chi connectivity index (χ4n) is 2.92. The lowest BCUT2D eigenvalue weighted by Crippen LogP contribution is -2.00. The molecule has 0 aliphatic carbocycles. The smallest absolute Gasteiger partial charge is 0.119 e. The number of aromatic nitrogens is 2. The highest BCUT2D eigenvalue weighted by molar-refractivity contribution is 5.81. The minimum absolute atomic E-state index is 0.587. The van der Waals surface area contributed by atoms with Gasteiger partial charge in [0.2, 0.25) is 0 Å². The van der Waals surface area contributed by atoms with Crippen molar-refractivity contribution < 1.29 is 4.74 Å². The molecular formula is C23H21N3O. The number of ether oxygens (including phenoxy) is 1. The summed E-state index contributed by atoms with van der Waals surface area (Å²) in [5.74, 6) is 0.879. The van der Waals surface area contributed by atoms with Crippen LogP contribution < -0.4 is 10.1 Å². The number of rotatable bonds is 6. The first-order chi connectivity index (χ1) is 13.3. The molecule has 0 bridgehead atoms. The molecule has 0 atom stereocenters. The Morgan fingerprint density at radius 3 is 2.67 bits per heavy atom. The first-order valence-corrected chi connectivity index (χ1v) is 8.98. The number of fused-ring (bicyclic) bond motifs is 1. The first-order valence-electron chi connectivity index (χ1n) is 8.98. The van der Waals surface area contributed by atoms with Gasteiger partial charge < -0.3 is 10.1 Å². The van der Waals surface area contributed by atoms with E-state index in [4.69, 9.17) is 4.74 Å². The van der Waals surface area contributed by atoms with Crippen LogP contribution in [0, 0.1) is 6.92 Å². The average molecular weight is 355 g/mol. The van der Waals surface area contributed by atoms with Gasteiger partial charge in [-0.2, -0.15) is 0 Å². The highest BCUT2D eigenvalue weighted by Crippen LogP contribution is 2.19. The monoisotopic (exact) mass is 355 g/mol. The molecular weight excluding hydrogens is 334 g/mol. The summed E-state index contributed by atoms with van der Waals surface area (Å²) in [7, 11) is 0. The van der Waals surface area contributed by atoms with Gasteiger partial charge in [-0.25, -0.2) is 9.97 Å². The van der Waals surface area contributed by atoms with Crippen LogP contribution in [0.5, 0.6) is 5.75 Å². The van der Waals surface area contributed by atoms with Crippen LogP contribution in [0.1, 0.15) is 16.7 Å². The molecule has 4 heteroatoms. The minimum Gasteiger partial charge on any atom is -0.489 e. The summed E-state index contributed by atoms with van der Waals surface area (Å²) in [5, 5.41) is 4.48. The number of benzene rings is 3. The van der Waals surface area contributed by atoms with Gasteiger partial charge in [0.25, 0.3) is 0 Å². The van der Waals surface area contributed by atoms with Crippen LogP contribution in [0.2, 0.25) is 0 Å². The number of hydrogen-bond acceptors (Lipinski definition) is 4. The van der Waals surface area contributed by atoms with Gasteiger partial charge in [0, 0.05) is 23.8 Å². The summed E-state index contributed by atoms with van der Waals surface area (Å²) in [6, 6.07) is 22.6. The van der Waals surface area contributed by atoms with E-state index in [2.05, 4.69) is 46.5 Å². The molecule has 1 aromatic heterocycles. The standard InChI is InChI=1S/C23H21N3O/c1-17-4-2-3-5-20(17)15-27-22-10-6-18(7-11-22)13-25-21-9-8-19-14-24-16-26-23(19)12-21/h2-12,14,16,25H,13,15H2,1H3. The van der Waals surface area contributed by atoms with Crippen LogP contribution in [0.4, 0.5) is 5.69 Å². The lowest BCUT2D eigenvalue weighted by molar-refractivity contribution is 0.305. The maximum Gasteiger partial charge on any atom is 0.119 e. The van der Waals surface area contributed by atoms with Crippen LogP contribution in [0.3, 0.4) is 0 Å². The van der Waals surface area contributed by atoms with Gasteiger partial charge in [-0.05, 0) is 53.9 Å². The summed E-state index contributed by atoms with van der Waals surface area (Å²) < 4.78 is 5.90. The number of hydrogen-bond donors (Lipinski definition) is 1. The molecule has 0 amide bonds. The highest BCUT2D eigenvalue weighted by atomic mass is 16.5. The van der Waals surface area contributed by atoms with Crippen molar-refractivity contribution in [3.05, 3.63) is 95.9 Å². The Labute approximate surface area is 158 Å². The van der Waals surface area contributed by atoms with Crippen molar-refractivity contribution in [2.24, 2.45) is 0 Å². The van der Waals surface area contributed by atoms with Gasteiger partial charge in [-0.1, -0.05) is 36.4 Å². The molecule has 1 heterocycles. The van der Waals surface area contributed by atoms with Crippen molar-refractivity contribution in [2.45, 2.75) is 20.1 Å². The van der Waals surface area contributed by atoms with Gasteiger partial charge >= 0.3 is 0 Å². The zero-order valence-corrected chi connectivity index (χ0v) is 15.2. The summed E-state index contributed by atoms with van der Waals surface area (Å²) in [5.41, 5.74) is 5.64. The molecule has 0 unspecified atom stereocenters. The van der Waals surface area contributed by atoms with E-state index in [0.29, 0.717) is 6.61 Å². The van der Waals surface area contributed by atoms with Crippen LogP contribution in [0.25, 0.3) is 10.9 Å². The zero-order valence-electron chi connectivity index (χ0n) is 15.2. The van der Waals surface area contributed by atoms with E-state index < -0.39 is 0 Å². The summed E-state index contributed by atoms with van der Waals surface area (Å²) >= 11 is 0. The Balaban J connectivity index is 1.35. The number of aryl methyl sites for hydroxylation is 1. The third-order valence-electron chi connectivity index (χ3n) is 4.58. The van der Waals surface area contributed by atoms with Crippen LogP contribution in [-0.2, 0) is 13.2 Å². The predicted molar refractivity (Wildman–Crippen MR) is 109 cm³/mol. The molecule has 4 rings (SSSR count). The average Bonchev–Trinajstić information content (AvgIpc) is 2.72. The fraction of sp³-hybridized carbons (Fsp3) is 0.130. The summed E-state index contributed by atoms with van der Waals surface area (Å²) in [6.07, 6.45) is 3.39. The van der Waals surface area contributed by atoms with Crippen molar-refractivity contribution in [2.75, 3.05) is 5.32 Å². The van der Waals surface area contributed by atoms with Gasteiger partial charge in [-0.3, -0.25) is 0 Å². The number of nitrogens with one attached hydrogen (secondary N) is 1. The van der Waals surface area contributed by atoms with E-state index in [9.17, 15) is 0 Å². The molecule has 0 saturated carbocycles. The number of anilines is 1. The molecule has 3 aromatic carbocycles. The third kappa shape index (κ3) is 4.23. The van der Waals surface area contributed by atoms with Crippen molar-refractivity contribution in [1.29, 1.82) is 0 Å². The SMILES string of the molecule is Cc1ccccc1COc1ccc(CNc2ccc3cncnc3c2)cc1. The minimum atomic E-state index is 0.587. The highest BCUT2D eigenvalue weighted by Gasteiger charge is 2.01. The molecule has 0 aliphatic rings. The van der Waals surface area contributed by atoms with Crippen molar-refractivity contribution in [3.63, 3.8) is 0 Å². The van der Waals surface area contributed by atoms with E-state index in [1.165, 1.54) is 16.7 Å². The second-order valence-corrected chi connectivity index (χ2v) is 6.51. The van der Waals surface area contributed by atoms with E-state index >= 15 is 0 Å². The molecule has 134 valence electrons. The van der Waals surface area contributed by atoms with E-state index in [-0.39, 0.29) is 0 Å². The van der Waals surface area contributed by atoms with Gasteiger partial charge in [0.1, 0.15) is 18.7 Å². The van der Waals surface area contributed by atoms with E-state index in [1.54, 1.807) is 6.33 Å². The third-order valence-corrected chi connectivity index (χ3v) is 4.58. The molecule has 0 radical (unpaired) electrons. The van der Waals surface area contributed by atoms with Gasteiger partial charge in [0.05, 0.1) is 5.52 Å². The predicted octanol–water partition coefficient (Wildman–Crippen LogP) is 5.13. The Bertz CT molecular complexity index is 1040. The molecule has 0 aliphatic heterocycles. The Morgan fingerprint density at radius 2 is 1.81 bits per heavy atom. The second kappa shape index (κ2) is 7.87. The molecule has 0 saturated heterocycles. The summed E-state index contributed by atoms with van der Waals surface area (Å²) in [6.45, 7) is 3.43. The largest absolute Gasteiger partial charge is 0.489 e. The zero-order chi connectivity index (χ0) is 18.5. The first kappa shape index (κ1) is 17.0. The van der Waals surface area contributed by atoms with Crippen molar-refractivity contribution in [3.8, 4) is 5.75 Å². The molecule has 0 spiro atoms. The quantitative estimate of drug-likeness (QED) is 0.521. The molecule has 0 fully saturated rings. The maximum atomic E-state index is 5.90. The number of nitrogens with zero attached hydrogens (tertiary/aromatic N) is 2. The maximum absolute atomic E-state index is 5.90. The second-order valence-electron chi connectivity index (χ2n) is 6.51. The summed E-state index contributed by atoms with van der Waals surface area (Å²) in [4.78, 5) is 8.33. The molecule has 4 aromatic rings. The van der Waals surface area contributed by atoms with Gasteiger partial charge in [0.15, 0.2) is 0 Å². The Kier molecular flexibility index (Phi) is 4.97. The molecule has 1 N–H and O–H groups in total.